The molecule has 0 saturated heterocycles. The van der Waals surface area contributed by atoms with Gasteiger partial charge >= 0.3 is 0 Å². The van der Waals surface area contributed by atoms with Crippen LogP contribution in [-0.2, 0) is 0 Å². The van der Waals surface area contributed by atoms with Gasteiger partial charge < -0.3 is 9.13 Å². The molecule has 178 valence electrons. The molecule has 0 amide bonds. The second-order valence-corrected chi connectivity index (χ2v) is 9.34. The van der Waals surface area contributed by atoms with Crippen molar-refractivity contribution in [3.63, 3.8) is 0 Å². The maximum absolute atomic E-state index is 4.38. The molecule has 6 heterocycles. The molecule has 0 aliphatic rings. The SMILES string of the molecule is c1cc2c(cn1)c1ccncc1n2-c1ccc(-c2ccc(-n3c4ccncc4c4ccncc43)cc2)cc1. The monoisotopic (exact) mass is 488 g/mol. The van der Waals surface area contributed by atoms with Gasteiger partial charge in [0.1, 0.15) is 0 Å². The first-order valence-corrected chi connectivity index (χ1v) is 12.4. The van der Waals surface area contributed by atoms with Gasteiger partial charge in [-0.25, -0.2) is 0 Å². The van der Waals surface area contributed by atoms with Crippen LogP contribution in [0.3, 0.4) is 0 Å². The average Bonchev–Trinajstić information content (AvgIpc) is 3.51. The highest BCUT2D eigenvalue weighted by Crippen LogP contribution is 2.33. The molecule has 6 heteroatoms. The van der Waals surface area contributed by atoms with Crippen molar-refractivity contribution in [1.29, 1.82) is 0 Å². The second-order valence-electron chi connectivity index (χ2n) is 9.34. The number of hydrogen-bond donors (Lipinski definition) is 0. The maximum Gasteiger partial charge on any atom is 0.0725 e. The minimum absolute atomic E-state index is 1.07. The van der Waals surface area contributed by atoms with Crippen molar-refractivity contribution in [2.24, 2.45) is 0 Å². The zero-order chi connectivity index (χ0) is 25.1. The predicted octanol–water partition coefficient (Wildman–Crippen LogP) is 7.13. The van der Waals surface area contributed by atoms with Crippen molar-refractivity contribution in [3.8, 4) is 22.5 Å². The number of pyridine rings is 4. The van der Waals surface area contributed by atoms with Crippen LogP contribution >= 0.6 is 0 Å². The maximum atomic E-state index is 4.38. The fraction of sp³-hybridized carbons (Fsp3) is 0. The standard InChI is InChI=1S/C32H20N6/c1-5-23(37-29-11-15-33-17-27(29)25-9-13-35-19-31(25)37)6-2-21(1)22-3-7-24(8-4-22)38-30-12-16-34-18-28(30)26-10-14-36-20-32(26)38/h1-20H. The molecule has 0 radical (unpaired) electrons. The van der Waals surface area contributed by atoms with E-state index in [0.29, 0.717) is 0 Å². The Balaban J connectivity index is 1.20. The summed E-state index contributed by atoms with van der Waals surface area (Å²) in [7, 11) is 0. The van der Waals surface area contributed by atoms with Crippen molar-refractivity contribution in [3.05, 3.63) is 122 Å². The Morgan fingerprint density at radius 2 is 0.737 bits per heavy atom. The van der Waals surface area contributed by atoms with Crippen LogP contribution in [0.2, 0.25) is 0 Å². The first-order valence-electron chi connectivity index (χ1n) is 12.4. The van der Waals surface area contributed by atoms with Gasteiger partial charge in [-0.1, -0.05) is 24.3 Å². The Bertz CT molecular complexity index is 1860. The molecule has 0 atom stereocenters. The normalized spacial score (nSPS) is 11.7. The van der Waals surface area contributed by atoms with E-state index < -0.39 is 0 Å². The first-order chi connectivity index (χ1) is 18.9. The van der Waals surface area contributed by atoms with E-state index in [9.17, 15) is 0 Å². The van der Waals surface area contributed by atoms with Crippen molar-refractivity contribution in [1.82, 2.24) is 29.1 Å². The highest BCUT2D eigenvalue weighted by atomic mass is 15.0. The van der Waals surface area contributed by atoms with E-state index in [1.54, 1.807) is 0 Å². The van der Waals surface area contributed by atoms with Gasteiger partial charge in [-0.2, -0.15) is 0 Å². The van der Waals surface area contributed by atoms with E-state index in [0.717, 1.165) is 66.1 Å². The van der Waals surface area contributed by atoms with Gasteiger partial charge in [0.15, 0.2) is 0 Å². The summed E-state index contributed by atoms with van der Waals surface area (Å²) in [5.74, 6) is 0. The summed E-state index contributed by atoms with van der Waals surface area (Å²) in [6.45, 7) is 0. The van der Waals surface area contributed by atoms with E-state index in [2.05, 4.69) is 102 Å². The number of nitrogens with zero attached hydrogens (tertiary/aromatic N) is 6. The Morgan fingerprint density at radius 1 is 0.342 bits per heavy atom. The summed E-state index contributed by atoms with van der Waals surface area (Å²) in [6.07, 6.45) is 15.0. The number of aromatic nitrogens is 6. The van der Waals surface area contributed by atoms with Gasteiger partial charge in [-0.15, -0.1) is 0 Å². The Kier molecular flexibility index (Phi) is 4.42. The summed E-state index contributed by atoms with van der Waals surface area (Å²) >= 11 is 0. The third kappa shape index (κ3) is 3.01. The van der Waals surface area contributed by atoms with Gasteiger partial charge in [0.2, 0.25) is 0 Å². The molecule has 6 aromatic heterocycles. The van der Waals surface area contributed by atoms with Crippen LogP contribution in [-0.4, -0.2) is 29.1 Å². The largest absolute Gasteiger partial charge is 0.308 e. The lowest BCUT2D eigenvalue weighted by Crippen LogP contribution is -1.95. The minimum Gasteiger partial charge on any atom is -0.308 e. The van der Waals surface area contributed by atoms with Crippen molar-refractivity contribution in [2.75, 3.05) is 0 Å². The highest BCUT2D eigenvalue weighted by molar-refractivity contribution is 6.09. The Hall–Kier alpha value is -5.36. The average molecular weight is 489 g/mol. The van der Waals surface area contributed by atoms with Gasteiger partial charge in [-0.3, -0.25) is 19.9 Å². The van der Waals surface area contributed by atoms with Crippen LogP contribution in [0.15, 0.2) is 122 Å². The molecule has 8 rings (SSSR count). The van der Waals surface area contributed by atoms with E-state index in [4.69, 9.17) is 0 Å². The van der Waals surface area contributed by atoms with Crippen LogP contribution in [0.5, 0.6) is 0 Å². The molecular formula is C32H20N6. The van der Waals surface area contributed by atoms with Crippen LogP contribution in [0.25, 0.3) is 66.1 Å². The molecule has 0 aliphatic heterocycles. The number of fused-ring (bicyclic) bond motifs is 6. The molecule has 0 aliphatic carbocycles. The van der Waals surface area contributed by atoms with Crippen molar-refractivity contribution >= 4 is 43.6 Å². The molecule has 0 saturated carbocycles. The van der Waals surface area contributed by atoms with E-state index in [1.807, 2.05) is 49.6 Å². The van der Waals surface area contributed by atoms with Gasteiger partial charge in [-0.05, 0) is 59.7 Å². The van der Waals surface area contributed by atoms with Crippen molar-refractivity contribution < 1.29 is 0 Å². The van der Waals surface area contributed by atoms with E-state index >= 15 is 0 Å². The van der Waals surface area contributed by atoms with E-state index in [-0.39, 0.29) is 0 Å². The lowest BCUT2D eigenvalue weighted by Gasteiger charge is -2.11. The third-order valence-electron chi connectivity index (χ3n) is 7.32. The zero-order valence-electron chi connectivity index (χ0n) is 20.2. The summed E-state index contributed by atoms with van der Waals surface area (Å²) < 4.78 is 4.49. The highest BCUT2D eigenvalue weighted by Gasteiger charge is 2.14. The van der Waals surface area contributed by atoms with E-state index in [1.165, 1.54) is 0 Å². The number of hydrogen-bond acceptors (Lipinski definition) is 4. The van der Waals surface area contributed by atoms with Crippen LogP contribution < -0.4 is 0 Å². The Morgan fingerprint density at radius 3 is 1.18 bits per heavy atom. The van der Waals surface area contributed by atoms with Crippen LogP contribution in [0.4, 0.5) is 0 Å². The summed E-state index contributed by atoms with van der Waals surface area (Å²) in [4.78, 5) is 17.4. The third-order valence-corrected chi connectivity index (χ3v) is 7.32. The van der Waals surface area contributed by atoms with Crippen LogP contribution in [0, 0.1) is 0 Å². The number of benzene rings is 2. The fourth-order valence-corrected chi connectivity index (χ4v) is 5.59. The Labute approximate surface area is 217 Å². The molecule has 0 fully saturated rings. The van der Waals surface area contributed by atoms with Crippen LogP contribution in [0.1, 0.15) is 0 Å². The topological polar surface area (TPSA) is 61.4 Å². The molecule has 6 nitrogen and oxygen atoms in total. The minimum atomic E-state index is 1.07. The summed E-state index contributed by atoms with van der Waals surface area (Å²) in [6, 6.07) is 25.6. The van der Waals surface area contributed by atoms with Gasteiger partial charge in [0.25, 0.3) is 0 Å². The molecule has 0 unspecified atom stereocenters. The first kappa shape index (κ1) is 20.8. The number of rotatable bonds is 3. The summed E-state index contributed by atoms with van der Waals surface area (Å²) in [5, 5.41) is 4.55. The second kappa shape index (κ2) is 8.08. The molecule has 0 spiro atoms. The molecular weight excluding hydrogens is 468 g/mol. The lowest BCUT2D eigenvalue weighted by atomic mass is 10.0. The predicted molar refractivity (Wildman–Crippen MR) is 152 cm³/mol. The molecule has 38 heavy (non-hydrogen) atoms. The smallest absolute Gasteiger partial charge is 0.0725 e. The quantitative estimate of drug-likeness (QED) is 0.265. The van der Waals surface area contributed by atoms with Gasteiger partial charge in [0, 0.05) is 70.1 Å². The summed E-state index contributed by atoms with van der Waals surface area (Å²) in [5.41, 5.74) is 8.90. The van der Waals surface area contributed by atoms with Gasteiger partial charge in [0.05, 0.1) is 34.5 Å². The zero-order valence-corrected chi connectivity index (χ0v) is 20.2. The fourth-order valence-electron chi connectivity index (χ4n) is 5.59. The molecule has 0 bridgehead atoms. The van der Waals surface area contributed by atoms with Crippen molar-refractivity contribution in [2.45, 2.75) is 0 Å². The molecule has 2 aromatic carbocycles. The lowest BCUT2D eigenvalue weighted by molar-refractivity contribution is 1.16. The molecule has 8 aromatic rings. The molecule has 0 N–H and O–H groups in total.